The number of furan rings is 1. The van der Waals surface area contributed by atoms with Crippen LogP contribution in [0.3, 0.4) is 0 Å². The molecule has 1 aromatic rings. The minimum atomic E-state index is -0.622. The molecule has 1 unspecified atom stereocenters. The van der Waals surface area contributed by atoms with Gasteiger partial charge in [-0.1, -0.05) is 13.8 Å². The van der Waals surface area contributed by atoms with Crippen LogP contribution in [0.5, 0.6) is 0 Å². The van der Waals surface area contributed by atoms with E-state index in [1.54, 1.807) is 28.9 Å². The molecule has 0 aromatic carbocycles. The average molecular weight is 391 g/mol. The first-order valence-electron chi connectivity index (χ1n) is 9.94. The standard InChI is InChI=1S/C20H29N3O5/c1-4-27-17(24)13-23-18(25)15(12-14(2)3)21-20(23)7-9-22(10-8-20)19(26)16-6-5-11-28-16/h5-6,11,14-15,21H,4,7-10,12-13H2,1-3H3. The molecule has 8 heteroatoms. The van der Waals surface area contributed by atoms with Gasteiger partial charge in [0.2, 0.25) is 5.91 Å². The van der Waals surface area contributed by atoms with Crippen LogP contribution in [-0.4, -0.2) is 65.5 Å². The number of piperidine rings is 1. The average Bonchev–Trinajstić information content (AvgIpc) is 3.26. The summed E-state index contributed by atoms with van der Waals surface area (Å²) < 4.78 is 10.3. The first-order chi connectivity index (χ1) is 13.4. The van der Waals surface area contributed by atoms with Crippen LogP contribution in [0.4, 0.5) is 0 Å². The predicted molar refractivity (Wildman–Crippen MR) is 101 cm³/mol. The second kappa shape index (κ2) is 8.34. The van der Waals surface area contributed by atoms with E-state index >= 15 is 0 Å². The Morgan fingerprint density at radius 3 is 2.64 bits per heavy atom. The highest BCUT2D eigenvalue weighted by Gasteiger charge is 2.52. The summed E-state index contributed by atoms with van der Waals surface area (Å²) in [5, 5.41) is 3.49. The Hall–Kier alpha value is -2.35. The van der Waals surface area contributed by atoms with E-state index in [2.05, 4.69) is 19.2 Å². The Morgan fingerprint density at radius 1 is 1.36 bits per heavy atom. The van der Waals surface area contributed by atoms with E-state index in [4.69, 9.17) is 9.15 Å². The fourth-order valence-corrected chi connectivity index (χ4v) is 4.11. The molecule has 2 aliphatic heterocycles. The van der Waals surface area contributed by atoms with Crippen molar-refractivity contribution < 1.29 is 23.5 Å². The highest BCUT2D eigenvalue weighted by molar-refractivity contribution is 5.92. The molecule has 1 aromatic heterocycles. The van der Waals surface area contributed by atoms with Gasteiger partial charge >= 0.3 is 5.97 Å². The Labute approximate surface area is 165 Å². The molecule has 2 saturated heterocycles. The summed E-state index contributed by atoms with van der Waals surface area (Å²) in [5.41, 5.74) is -0.622. The first kappa shape index (κ1) is 20.4. The second-order valence-electron chi connectivity index (χ2n) is 7.86. The molecule has 0 radical (unpaired) electrons. The van der Waals surface area contributed by atoms with Crippen LogP contribution in [0.1, 0.15) is 50.6 Å². The number of nitrogens with zero attached hydrogens (tertiary/aromatic N) is 2. The van der Waals surface area contributed by atoms with Gasteiger partial charge in [0.15, 0.2) is 5.76 Å². The molecule has 1 atom stereocenters. The van der Waals surface area contributed by atoms with Crippen LogP contribution < -0.4 is 5.32 Å². The van der Waals surface area contributed by atoms with Crippen molar-refractivity contribution in [2.75, 3.05) is 26.2 Å². The van der Waals surface area contributed by atoms with Crippen LogP contribution >= 0.6 is 0 Å². The molecule has 3 rings (SSSR count). The zero-order chi connectivity index (χ0) is 20.3. The lowest BCUT2D eigenvalue weighted by molar-refractivity contribution is -0.151. The van der Waals surface area contributed by atoms with Gasteiger partial charge < -0.3 is 19.0 Å². The van der Waals surface area contributed by atoms with Gasteiger partial charge in [0.25, 0.3) is 5.91 Å². The summed E-state index contributed by atoms with van der Waals surface area (Å²) in [6.07, 6.45) is 3.29. The van der Waals surface area contributed by atoms with Gasteiger partial charge in [0.1, 0.15) is 6.54 Å². The van der Waals surface area contributed by atoms with Gasteiger partial charge in [-0.25, -0.2) is 0 Å². The monoisotopic (exact) mass is 391 g/mol. The SMILES string of the molecule is CCOC(=O)CN1C(=O)C(CC(C)C)NC12CCN(C(=O)c1ccco1)CC2. The molecular formula is C20H29N3O5. The van der Waals surface area contributed by atoms with Crippen LogP contribution in [0.25, 0.3) is 0 Å². The number of esters is 1. The van der Waals surface area contributed by atoms with E-state index in [1.165, 1.54) is 6.26 Å². The van der Waals surface area contributed by atoms with Gasteiger partial charge in [-0.05, 0) is 31.4 Å². The number of ether oxygens (including phenoxy) is 1. The third-order valence-corrected chi connectivity index (χ3v) is 5.43. The molecule has 1 spiro atoms. The molecule has 2 aliphatic rings. The quantitative estimate of drug-likeness (QED) is 0.741. The zero-order valence-electron chi connectivity index (χ0n) is 16.8. The summed E-state index contributed by atoms with van der Waals surface area (Å²) in [7, 11) is 0. The molecular weight excluding hydrogens is 362 g/mol. The minimum absolute atomic E-state index is 0.0624. The maximum atomic E-state index is 13.0. The number of nitrogens with one attached hydrogen (secondary N) is 1. The molecule has 3 heterocycles. The third kappa shape index (κ3) is 4.06. The van der Waals surface area contributed by atoms with Crippen LogP contribution in [0, 0.1) is 5.92 Å². The zero-order valence-corrected chi connectivity index (χ0v) is 16.8. The lowest BCUT2D eigenvalue weighted by Crippen LogP contribution is -2.60. The molecule has 154 valence electrons. The summed E-state index contributed by atoms with van der Waals surface area (Å²) in [6.45, 7) is 7.06. The molecule has 0 saturated carbocycles. The smallest absolute Gasteiger partial charge is 0.325 e. The number of hydrogen-bond acceptors (Lipinski definition) is 6. The summed E-state index contributed by atoms with van der Waals surface area (Å²) in [5.74, 6) is 0.0397. The number of carbonyl (C=O) groups is 3. The van der Waals surface area contributed by atoms with E-state index in [-0.39, 0.29) is 31.0 Å². The maximum Gasteiger partial charge on any atom is 0.325 e. The Morgan fingerprint density at radius 2 is 2.07 bits per heavy atom. The van der Waals surface area contributed by atoms with Crippen molar-refractivity contribution in [3.05, 3.63) is 24.2 Å². The summed E-state index contributed by atoms with van der Waals surface area (Å²) in [6, 6.07) is 3.02. The summed E-state index contributed by atoms with van der Waals surface area (Å²) >= 11 is 0. The van der Waals surface area contributed by atoms with Crippen molar-refractivity contribution in [2.24, 2.45) is 5.92 Å². The predicted octanol–water partition coefficient (Wildman–Crippen LogP) is 1.62. The number of hydrogen-bond donors (Lipinski definition) is 1. The normalized spacial score (nSPS) is 21.6. The van der Waals surface area contributed by atoms with Crippen LogP contribution in [0.15, 0.2) is 22.8 Å². The lowest BCUT2D eigenvalue weighted by atomic mass is 9.95. The van der Waals surface area contributed by atoms with Crippen molar-refractivity contribution in [1.82, 2.24) is 15.1 Å². The second-order valence-corrected chi connectivity index (χ2v) is 7.86. The van der Waals surface area contributed by atoms with Crippen LogP contribution in [0.2, 0.25) is 0 Å². The molecule has 1 N–H and O–H groups in total. The molecule has 2 fully saturated rings. The van der Waals surface area contributed by atoms with E-state index in [1.807, 2.05) is 0 Å². The topological polar surface area (TPSA) is 92.1 Å². The molecule has 0 aliphatic carbocycles. The van der Waals surface area contributed by atoms with Crippen molar-refractivity contribution in [3.8, 4) is 0 Å². The Balaban J connectivity index is 1.74. The fourth-order valence-electron chi connectivity index (χ4n) is 4.11. The van der Waals surface area contributed by atoms with Gasteiger partial charge in [0.05, 0.1) is 24.6 Å². The fraction of sp³-hybridized carbons (Fsp3) is 0.650. The Bertz CT molecular complexity index is 707. The van der Waals surface area contributed by atoms with Crippen molar-refractivity contribution >= 4 is 17.8 Å². The van der Waals surface area contributed by atoms with E-state index in [0.29, 0.717) is 44.0 Å². The van der Waals surface area contributed by atoms with Gasteiger partial charge in [-0.3, -0.25) is 19.7 Å². The van der Waals surface area contributed by atoms with Gasteiger partial charge in [-0.15, -0.1) is 0 Å². The molecule has 0 bridgehead atoms. The number of amides is 2. The van der Waals surface area contributed by atoms with E-state index in [0.717, 1.165) is 0 Å². The summed E-state index contributed by atoms with van der Waals surface area (Å²) in [4.78, 5) is 41.0. The lowest BCUT2D eigenvalue weighted by Gasteiger charge is -2.44. The van der Waals surface area contributed by atoms with Gasteiger partial charge in [0, 0.05) is 25.9 Å². The van der Waals surface area contributed by atoms with Crippen molar-refractivity contribution in [3.63, 3.8) is 0 Å². The van der Waals surface area contributed by atoms with E-state index in [9.17, 15) is 14.4 Å². The van der Waals surface area contributed by atoms with Crippen LogP contribution in [-0.2, 0) is 14.3 Å². The highest BCUT2D eigenvalue weighted by atomic mass is 16.5. The maximum absolute atomic E-state index is 13.0. The van der Waals surface area contributed by atoms with E-state index < -0.39 is 11.6 Å². The largest absolute Gasteiger partial charge is 0.465 e. The van der Waals surface area contributed by atoms with Crippen molar-refractivity contribution in [2.45, 2.75) is 51.7 Å². The van der Waals surface area contributed by atoms with Gasteiger partial charge in [-0.2, -0.15) is 0 Å². The minimum Gasteiger partial charge on any atom is -0.465 e. The number of rotatable bonds is 6. The molecule has 8 nitrogen and oxygen atoms in total. The van der Waals surface area contributed by atoms with Crippen molar-refractivity contribution in [1.29, 1.82) is 0 Å². The molecule has 2 amide bonds. The Kier molecular flexibility index (Phi) is 6.07. The third-order valence-electron chi connectivity index (χ3n) is 5.43. The molecule has 28 heavy (non-hydrogen) atoms. The highest BCUT2D eigenvalue weighted by Crippen LogP contribution is 2.34. The first-order valence-corrected chi connectivity index (χ1v) is 9.94. The number of likely N-dealkylation sites (tertiary alicyclic amines) is 1. The number of carbonyl (C=O) groups excluding carboxylic acids is 3.